The molecule has 0 radical (unpaired) electrons. The molecule has 0 saturated heterocycles. The second-order valence-corrected chi connectivity index (χ2v) is 10.6. The van der Waals surface area contributed by atoms with Gasteiger partial charge in [0.2, 0.25) is 0 Å². The summed E-state index contributed by atoms with van der Waals surface area (Å²) in [5, 5.41) is 1.72. The molecule has 1 N–H and O–H groups in total. The van der Waals surface area contributed by atoms with Gasteiger partial charge in [-0.25, -0.2) is 4.57 Å². The molecule has 2 aromatic carbocycles. The van der Waals surface area contributed by atoms with E-state index in [0.29, 0.717) is 22.3 Å². The lowest BCUT2D eigenvalue weighted by Gasteiger charge is -2.24. The van der Waals surface area contributed by atoms with Crippen LogP contribution in [0.15, 0.2) is 30.3 Å². The van der Waals surface area contributed by atoms with Crippen LogP contribution in [0, 0.1) is 0 Å². The third-order valence-electron chi connectivity index (χ3n) is 5.02. The molecule has 0 amide bonds. The topological polar surface area (TPSA) is 94.5 Å². The molecule has 2 unspecified atom stereocenters. The smallest absolute Gasteiger partial charge is 0.472 e. The van der Waals surface area contributed by atoms with E-state index in [4.69, 9.17) is 18.5 Å². The number of carbonyl (C=O) groups excluding carboxylic acids is 1. The van der Waals surface area contributed by atoms with Gasteiger partial charge < -0.3 is 23.8 Å². The van der Waals surface area contributed by atoms with Crippen LogP contribution in [0.5, 0.6) is 5.75 Å². The molecule has 0 aliphatic rings. The molecular weight excluding hydrogens is 447 g/mol. The fourth-order valence-corrected chi connectivity index (χ4v) is 3.67. The number of hydrogen-bond acceptors (Lipinski definition) is 7. The van der Waals surface area contributed by atoms with Gasteiger partial charge in [-0.1, -0.05) is 6.07 Å². The van der Waals surface area contributed by atoms with E-state index in [-0.39, 0.29) is 25.6 Å². The summed E-state index contributed by atoms with van der Waals surface area (Å²) in [7, 11) is 7.00. The van der Waals surface area contributed by atoms with Crippen molar-refractivity contribution in [2.45, 2.75) is 13.0 Å². The summed E-state index contributed by atoms with van der Waals surface area (Å²) in [5.74, 6) is 0.451. The average molecular weight is 484 g/mol. The van der Waals surface area contributed by atoms with Crippen molar-refractivity contribution in [1.29, 1.82) is 0 Å². The summed E-state index contributed by atoms with van der Waals surface area (Å²) in [6.45, 7) is 2.00. The SMILES string of the molecule is COC(COc1cc(C(C)=O)cc2ccc(N(C)C)cc12)COP(=O)(O)OCC[N+](C)(C)C. The number of ketones is 1. The van der Waals surface area contributed by atoms with Crippen molar-refractivity contribution in [2.24, 2.45) is 0 Å². The zero-order valence-electron chi connectivity index (χ0n) is 20.5. The first kappa shape index (κ1) is 27.2. The minimum atomic E-state index is -4.21. The number of phosphoric ester groups is 1. The Morgan fingerprint density at radius 2 is 1.82 bits per heavy atom. The van der Waals surface area contributed by atoms with Crippen LogP contribution in [-0.2, 0) is 18.3 Å². The van der Waals surface area contributed by atoms with Crippen LogP contribution < -0.4 is 9.64 Å². The molecule has 2 aromatic rings. The Balaban J connectivity index is 2.10. The van der Waals surface area contributed by atoms with Crippen molar-refractivity contribution in [2.75, 3.05) is 73.6 Å². The average Bonchev–Trinajstić information content (AvgIpc) is 2.71. The summed E-state index contributed by atoms with van der Waals surface area (Å²) < 4.78 is 34.2. The predicted octanol–water partition coefficient (Wildman–Crippen LogP) is 3.34. The van der Waals surface area contributed by atoms with Crippen molar-refractivity contribution < 1.29 is 37.3 Å². The van der Waals surface area contributed by atoms with Crippen molar-refractivity contribution in [3.8, 4) is 5.75 Å². The number of likely N-dealkylation sites (N-methyl/N-ethyl adjacent to an activating group) is 1. The van der Waals surface area contributed by atoms with Gasteiger partial charge in [-0.05, 0) is 36.6 Å². The molecule has 0 aliphatic heterocycles. The molecule has 0 heterocycles. The van der Waals surface area contributed by atoms with E-state index < -0.39 is 13.9 Å². The van der Waals surface area contributed by atoms with E-state index in [1.165, 1.54) is 14.0 Å². The maximum absolute atomic E-state index is 12.2. The molecule has 0 spiro atoms. The first-order valence-electron chi connectivity index (χ1n) is 10.7. The van der Waals surface area contributed by atoms with Crippen LogP contribution in [0.2, 0.25) is 0 Å². The predicted molar refractivity (Wildman–Crippen MR) is 129 cm³/mol. The summed E-state index contributed by atoms with van der Waals surface area (Å²) in [6, 6.07) is 9.42. The van der Waals surface area contributed by atoms with Gasteiger partial charge in [0.1, 0.15) is 31.6 Å². The molecule has 2 rings (SSSR count). The third-order valence-corrected chi connectivity index (χ3v) is 6.01. The zero-order chi connectivity index (χ0) is 24.8. The van der Waals surface area contributed by atoms with Crippen molar-refractivity contribution in [1.82, 2.24) is 0 Å². The normalized spacial score (nSPS) is 14.7. The number of hydrogen-bond donors (Lipinski definition) is 1. The number of rotatable bonds is 13. The van der Waals surface area contributed by atoms with Gasteiger partial charge in [-0.3, -0.25) is 13.8 Å². The number of carbonyl (C=O) groups is 1. The number of methoxy groups -OCH3 is 1. The molecule has 0 fully saturated rings. The lowest BCUT2D eigenvalue weighted by Crippen LogP contribution is -2.37. The minimum Gasteiger partial charge on any atom is -0.490 e. The quantitative estimate of drug-likeness (QED) is 0.263. The van der Waals surface area contributed by atoms with Crippen molar-refractivity contribution >= 4 is 30.1 Å². The van der Waals surface area contributed by atoms with Crippen LogP contribution in [0.1, 0.15) is 17.3 Å². The first-order chi connectivity index (χ1) is 15.3. The zero-order valence-corrected chi connectivity index (χ0v) is 21.4. The molecule has 0 saturated carbocycles. The van der Waals surface area contributed by atoms with Gasteiger partial charge >= 0.3 is 7.82 Å². The molecule has 33 heavy (non-hydrogen) atoms. The van der Waals surface area contributed by atoms with Gasteiger partial charge in [-0.2, -0.15) is 0 Å². The van der Waals surface area contributed by atoms with Crippen LogP contribution in [0.3, 0.4) is 0 Å². The number of anilines is 1. The minimum absolute atomic E-state index is 0.0536. The van der Waals surface area contributed by atoms with Crippen LogP contribution >= 0.6 is 7.82 Å². The maximum Gasteiger partial charge on any atom is 0.472 e. The third kappa shape index (κ3) is 8.70. The highest BCUT2D eigenvalue weighted by atomic mass is 31.2. The van der Waals surface area contributed by atoms with E-state index in [1.54, 1.807) is 6.07 Å². The number of quaternary nitrogens is 1. The van der Waals surface area contributed by atoms with E-state index in [9.17, 15) is 14.3 Å². The van der Waals surface area contributed by atoms with Crippen LogP contribution in [0.4, 0.5) is 5.69 Å². The number of fused-ring (bicyclic) bond motifs is 1. The molecule has 9 nitrogen and oxygen atoms in total. The number of benzene rings is 2. The monoisotopic (exact) mass is 483 g/mol. The van der Waals surface area contributed by atoms with Crippen molar-refractivity contribution in [3.63, 3.8) is 0 Å². The highest BCUT2D eigenvalue weighted by Crippen LogP contribution is 2.43. The summed E-state index contributed by atoms with van der Waals surface area (Å²) in [5.41, 5.74) is 1.52. The van der Waals surface area contributed by atoms with Gasteiger partial charge in [-0.15, -0.1) is 0 Å². The van der Waals surface area contributed by atoms with Gasteiger partial charge in [0, 0.05) is 37.8 Å². The number of nitrogens with zero attached hydrogens (tertiary/aromatic N) is 2. The maximum atomic E-state index is 12.2. The van der Waals surface area contributed by atoms with E-state index in [1.807, 2.05) is 64.4 Å². The molecular formula is C23H36N2O7P+. The molecule has 2 atom stereocenters. The highest BCUT2D eigenvalue weighted by Gasteiger charge is 2.25. The van der Waals surface area contributed by atoms with Crippen molar-refractivity contribution in [3.05, 3.63) is 35.9 Å². The molecule has 0 aromatic heterocycles. The second kappa shape index (κ2) is 11.4. The van der Waals surface area contributed by atoms with Gasteiger partial charge in [0.25, 0.3) is 0 Å². The van der Waals surface area contributed by atoms with Gasteiger partial charge in [0.15, 0.2) is 5.78 Å². The summed E-state index contributed by atoms with van der Waals surface area (Å²) in [6.07, 6.45) is -0.625. The molecule has 0 bridgehead atoms. The number of phosphoric acid groups is 1. The lowest BCUT2D eigenvalue weighted by molar-refractivity contribution is -0.870. The fraction of sp³-hybridized carbons (Fsp3) is 0.522. The number of ether oxygens (including phenoxy) is 2. The second-order valence-electron chi connectivity index (χ2n) is 9.11. The first-order valence-corrected chi connectivity index (χ1v) is 12.1. The van der Waals surface area contributed by atoms with Crippen LogP contribution in [0.25, 0.3) is 10.8 Å². The summed E-state index contributed by atoms with van der Waals surface area (Å²) in [4.78, 5) is 23.9. The Hall–Kier alpha value is -2.00. The van der Waals surface area contributed by atoms with Crippen LogP contribution in [-0.4, -0.2) is 90.0 Å². The molecule has 10 heteroatoms. The lowest BCUT2D eigenvalue weighted by atomic mass is 10.0. The van der Waals surface area contributed by atoms with Gasteiger partial charge in [0.05, 0.1) is 27.7 Å². The van der Waals surface area contributed by atoms with E-state index in [0.717, 1.165) is 16.5 Å². The summed E-state index contributed by atoms with van der Waals surface area (Å²) >= 11 is 0. The molecule has 184 valence electrons. The Morgan fingerprint density at radius 3 is 2.39 bits per heavy atom. The highest BCUT2D eigenvalue weighted by molar-refractivity contribution is 7.47. The fourth-order valence-electron chi connectivity index (χ4n) is 2.92. The number of Topliss-reactive ketones (excluding diaryl/α,β-unsaturated/α-hetero) is 1. The Labute approximate surface area is 196 Å². The molecule has 0 aliphatic carbocycles. The van der Waals surface area contributed by atoms with E-state index >= 15 is 0 Å². The Kier molecular flexibility index (Phi) is 9.43. The Morgan fingerprint density at radius 1 is 1.12 bits per heavy atom. The largest absolute Gasteiger partial charge is 0.490 e. The Bertz CT molecular complexity index is 1000. The van der Waals surface area contributed by atoms with E-state index in [2.05, 4.69) is 0 Å². The standard InChI is InChI=1S/C23H35N2O7P/c1-17(26)19-12-18-8-9-20(24(2)3)14-22(18)23(13-19)30-15-21(29-7)16-32-33(27,28)31-11-10-25(4,5)6/h8-9,12-14,21H,10-11,15-16H2,1-7H3/p+1.